The van der Waals surface area contributed by atoms with Gasteiger partial charge in [-0.1, -0.05) is 12.1 Å². The zero-order valence-corrected chi connectivity index (χ0v) is 16.4. The number of hydrogen-bond acceptors (Lipinski definition) is 5. The van der Waals surface area contributed by atoms with E-state index in [2.05, 4.69) is 15.6 Å². The van der Waals surface area contributed by atoms with Crippen molar-refractivity contribution in [3.63, 3.8) is 0 Å². The Balaban J connectivity index is 1.48. The maximum atomic E-state index is 13.0. The summed E-state index contributed by atoms with van der Waals surface area (Å²) in [4.78, 5) is 30.6. The van der Waals surface area contributed by atoms with Crippen LogP contribution in [-0.2, 0) is 11.2 Å². The number of aryl methyl sites for hydroxylation is 1. The number of nitrogens with zero attached hydrogens (tertiary/aromatic N) is 1. The summed E-state index contributed by atoms with van der Waals surface area (Å²) in [6.07, 6.45) is 1.39. The van der Waals surface area contributed by atoms with Crippen molar-refractivity contribution in [2.75, 3.05) is 17.7 Å². The SMILES string of the molecule is COc1ccccc1NC(=O)C1CCc2sc(NC(=O)c3ccc(F)cc3)nc21. The van der Waals surface area contributed by atoms with E-state index in [0.29, 0.717) is 34.2 Å². The molecule has 6 nitrogen and oxygen atoms in total. The van der Waals surface area contributed by atoms with E-state index in [-0.39, 0.29) is 17.7 Å². The molecule has 0 saturated heterocycles. The van der Waals surface area contributed by atoms with Crippen LogP contribution in [0.15, 0.2) is 48.5 Å². The molecule has 1 atom stereocenters. The normalized spacial score (nSPS) is 14.9. The summed E-state index contributed by atoms with van der Waals surface area (Å²) in [6.45, 7) is 0. The lowest BCUT2D eigenvalue weighted by molar-refractivity contribution is -0.117. The third-order valence-electron chi connectivity index (χ3n) is 4.73. The van der Waals surface area contributed by atoms with E-state index in [1.807, 2.05) is 12.1 Å². The summed E-state index contributed by atoms with van der Waals surface area (Å²) in [6, 6.07) is 12.5. The van der Waals surface area contributed by atoms with Crippen molar-refractivity contribution < 1.29 is 18.7 Å². The number of halogens is 1. The highest BCUT2D eigenvalue weighted by molar-refractivity contribution is 7.16. The first-order valence-electron chi connectivity index (χ1n) is 9.05. The van der Waals surface area contributed by atoms with Gasteiger partial charge in [0.1, 0.15) is 11.6 Å². The zero-order valence-electron chi connectivity index (χ0n) is 15.6. The summed E-state index contributed by atoms with van der Waals surface area (Å²) < 4.78 is 18.3. The second-order valence-corrected chi connectivity index (χ2v) is 7.65. The van der Waals surface area contributed by atoms with Gasteiger partial charge in [-0.25, -0.2) is 9.37 Å². The number of rotatable bonds is 5. The molecule has 2 amide bonds. The molecule has 1 aliphatic carbocycles. The van der Waals surface area contributed by atoms with Gasteiger partial charge in [-0.05, 0) is 49.2 Å². The van der Waals surface area contributed by atoms with Crippen LogP contribution >= 0.6 is 11.3 Å². The molecule has 3 aromatic rings. The average Bonchev–Trinajstić information content (AvgIpc) is 3.29. The molecule has 1 aromatic heterocycles. The van der Waals surface area contributed by atoms with Crippen LogP contribution in [0.25, 0.3) is 0 Å². The standard InChI is InChI=1S/C21H18FN3O3S/c1-28-16-5-3-2-4-15(16)23-20(27)14-10-11-17-18(14)24-21(29-17)25-19(26)12-6-8-13(22)9-7-12/h2-9,14H,10-11H2,1H3,(H,23,27)(H,24,25,26). The maximum absolute atomic E-state index is 13.0. The molecule has 148 valence electrons. The molecule has 2 aromatic carbocycles. The summed E-state index contributed by atoms with van der Waals surface area (Å²) >= 11 is 1.36. The molecule has 0 bridgehead atoms. The van der Waals surface area contributed by atoms with Crippen LogP contribution in [0.3, 0.4) is 0 Å². The van der Waals surface area contributed by atoms with E-state index in [1.54, 1.807) is 19.2 Å². The minimum atomic E-state index is -0.404. The summed E-state index contributed by atoms with van der Waals surface area (Å²) in [7, 11) is 1.55. The lowest BCUT2D eigenvalue weighted by Crippen LogP contribution is -2.20. The van der Waals surface area contributed by atoms with Crippen molar-refractivity contribution in [1.29, 1.82) is 0 Å². The van der Waals surface area contributed by atoms with Crippen LogP contribution in [-0.4, -0.2) is 23.9 Å². The van der Waals surface area contributed by atoms with Gasteiger partial charge in [0.2, 0.25) is 5.91 Å². The van der Waals surface area contributed by atoms with Gasteiger partial charge in [0, 0.05) is 10.4 Å². The Morgan fingerprint density at radius 1 is 1.14 bits per heavy atom. The van der Waals surface area contributed by atoms with Crippen molar-refractivity contribution in [2.45, 2.75) is 18.8 Å². The molecule has 0 aliphatic heterocycles. The number of benzene rings is 2. The first-order valence-corrected chi connectivity index (χ1v) is 9.87. The first-order chi connectivity index (χ1) is 14.0. The van der Waals surface area contributed by atoms with Crippen LogP contribution in [0.1, 0.15) is 33.3 Å². The highest BCUT2D eigenvalue weighted by atomic mass is 32.1. The molecular formula is C21H18FN3O3S. The van der Waals surface area contributed by atoms with Gasteiger partial charge in [-0.3, -0.25) is 14.9 Å². The van der Waals surface area contributed by atoms with Gasteiger partial charge in [0.25, 0.3) is 5.91 Å². The number of nitrogens with one attached hydrogen (secondary N) is 2. The van der Waals surface area contributed by atoms with Crippen LogP contribution in [0.4, 0.5) is 15.2 Å². The van der Waals surface area contributed by atoms with E-state index in [9.17, 15) is 14.0 Å². The lowest BCUT2D eigenvalue weighted by Gasteiger charge is -2.13. The van der Waals surface area contributed by atoms with Crippen molar-refractivity contribution in [2.24, 2.45) is 0 Å². The Morgan fingerprint density at radius 2 is 1.90 bits per heavy atom. The molecule has 0 fully saturated rings. The molecule has 1 unspecified atom stereocenters. The summed E-state index contributed by atoms with van der Waals surface area (Å²) in [5.41, 5.74) is 1.64. The quantitative estimate of drug-likeness (QED) is 0.659. The smallest absolute Gasteiger partial charge is 0.257 e. The van der Waals surface area contributed by atoms with E-state index >= 15 is 0 Å². The van der Waals surface area contributed by atoms with Gasteiger partial charge in [0.15, 0.2) is 5.13 Å². The number of para-hydroxylation sites is 2. The highest BCUT2D eigenvalue weighted by Crippen LogP contribution is 2.39. The topological polar surface area (TPSA) is 80.3 Å². The molecule has 8 heteroatoms. The van der Waals surface area contributed by atoms with Gasteiger partial charge in [-0.15, -0.1) is 11.3 Å². The minimum Gasteiger partial charge on any atom is -0.495 e. The average molecular weight is 411 g/mol. The predicted octanol–water partition coefficient (Wildman–Crippen LogP) is 4.21. The molecule has 1 heterocycles. The molecule has 1 aliphatic rings. The summed E-state index contributed by atoms with van der Waals surface area (Å²) in [5.74, 6) is -0.728. The largest absolute Gasteiger partial charge is 0.495 e. The van der Waals surface area contributed by atoms with E-state index in [4.69, 9.17) is 4.74 Å². The fourth-order valence-electron chi connectivity index (χ4n) is 3.27. The van der Waals surface area contributed by atoms with E-state index < -0.39 is 5.82 Å². The van der Waals surface area contributed by atoms with Crippen LogP contribution in [0.2, 0.25) is 0 Å². The van der Waals surface area contributed by atoms with Gasteiger partial charge < -0.3 is 10.1 Å². The predicted molar refractivity (Wildman–Crippen MR) is 109 cm³/mol. The fourth-order valence-corrected chi connectivity index (χ4v) is 4.31. The van der Waals surface area contributed by atoms with Crippen molar-refractivity contribution in [1.82, 2.24) is 4.98 Å². The number of aromatic nitrogens is 1. The Hall–Kier alpha value is -3.26. The van der Waals surface area contributed by atoms with Gasteiger partial charge in [-0.2, -0.15) is 0 Å². The van der Waals surface area contributed by atoms with E-state index in [0.717, 1.165) is 11.3 Å². The zero-order chi connectivity index (χ0) is 20.4. The number of thiazole rings is 1. The molecule has 0 saturated carbocycles. The molecule has 2 N–H and O–H groups in total. The number of carbonyl (C=O) groups is 2. The van der Waals surface area contributed by atoms with Crippen LogP contribution in [0, 0.1) is 5.82 Å². The Bertz CT molecular complexity index is 1070. The number of ether oxygens (including phenoxy) is 1. The Labute approximate surface area is 170 Å². The van der Waals surface area contributed by atoms with Crippen LogP contribution in [0.5, 0.6) is 5.75 Å². The third-order valence-corrected chi connectivity index (χ3v) is 5.77. The second-order valence-electron chi connectivity index (χ2n) is 6.57. The molecule has 29 heavy (non-hydrogen) atoms. The number of hydrogen-bond donors (Lipinski definition) is 2. The number of anilines is 2. The summed E-state index contributed by atoms with van der Waals surface area (Å²) in [5, 5.41) is 6.06. The molecule has 0 spiro atoms. The number of methoxy groups -OCH3 is 1. The second kappa shape index (κ2) is 8.00. The Morgan fingerprint density at radius 3 is 2.66 bits per heavy atom. The lowest BCUT2D eigenvalue weighted by atomic mass is 10.1. The van der Waals surface area contributed by atoms with Gasteiger partial charge >= 0.3 is 0 Å². The van der Waals surface area contributed by atoms with Crippen molar-refractivity contribution >= 4 is 34.0 Å². The highest BCUT2D eigenvalue weighted by Gasteiger charge is 2.33. The third kappa shape index (κ3) is 3.97. The Kier molecular flexibility index (Phi) is 5.26. The fraction of sp³-hybridized carbons (Fsp3) is 0.190. The number of carbonyl (C=O) groups excluding carboxylic acids is 2. The maximum Gasteiger partial charge on any atom is 0.257 e. The first kappa shape index (κ1) is 19.1. The number of amides is 2. The van der Waals surface area contributed by atoms with Crippen molar-refractivity contribution in [3.05, 3.63) is 70.5 Å². The van der Waals surface area contributed by atoms with Crippen LogP contribution < -0.4 is 15.4 Å². The van der Waals surface area contributed by atoms with E-state index in [1.165, 1.54) is 35.6 Å². The molecule has 0 radical (unpaired) electrons. The number of fused-ring (bicyclic) bond motifs is 1. The molecular weight excluding hydrogens is 393 g/mol. The minimum absolute atomic E-state index is 0.157. The molecule has 4 rings (SSSR count). The monoisotopic (exact) mass is 411 g/mol. The van der Waals surface area contributed by atoms with Gasteiger partial charge in [0.05, 0.1) is 24.4 Å². The van der Waals surface area contributed by atoms with Crippen molar-refractivity contribution in [3.8, 4) is 5.75 Å².